The number of amides is 2. The van der Waals surface area contributed by atoms with Crippen molar-refractivity contribution in [3.05, 3.63) is 0 Å². The van der Waals surface area contributed by atoms with E-state index in [2.05, 4.69) is 15.4 Å². The number of carboxylic acid groups (broad SMARTS) is 1. The molecule has 0 aliphatic rings. The third-order valence-electron chi connectivity index (χ3n) is 2.14. The highest BCUT2D eigenvalue weighted by Crippen LogP contribution is 2.02. The molecule has 3 N–H and O–H groups in total. The van der Waals surface area contributed by atoms with Crippen molar-refractivity contribution < 1.29 is 24.2 Å². The largest absolute Gasteiger partial charge is 0.480 e. The van der Waals surface area contributed by atoms with Crippen molar-refractivity contribution in [2.24, 2.45) is 5.92 Å². The van der Waals surface area contributed by atoms with Crippen molar-refractivity contribution in [2.45, 2.75) is 32.9 Å². The maximum atomic E-state index is 11.7. The monoisotopic (exact) mass is 246 g/mol. The molecule has 0 aromatic heterocycles. The molecule has 0 bridgehead atoms. The lowest BCUT2D eigenvalue weighted by Gasteiger charge is -2.22. The van der Waals surface area contributed by atoms with Gasteiger partial charge in [0.05, 0.1) is 7.11 Å². The fourth-order valence-electron chi connectivity index (χ4n) is 1.09. The van der Waals surface area contributed by atoms with E-state index in [1.807, 2.05) is 0 Å². The van der Waals surface area contributed by atoms with Crippen LogP contribution in [0.4, 0.5) is 4.79 Å². The molecule has 0 radical (unpaired) electrons. The Morgan fingerprint density at radius 3 is 2.00 bits per heavy atom. The summed E-state index contributed by atoms with van der Waals surface area (Å²) in [7, 11) is 1.19. The molecule has 0 heterocycles. The van der Waals surface area contributed by atoms with Gasteiger partial charge in [-0.2, -0.15) is 0 Å². The molecular formula is C10H18N2O5. The number of rotatable bonds is 5. The van der Waals surface area contributed by atoms with Gasteiger partial charge in [0.15, 0.2) is 0 Å². The zero-order valence-corrected chi connectivity index (χ0v) is 10.3. The molecule has 0 fully saturated rings. The van der Waals surface area contributed by atoms with Crippen LogP contribution in [0.1, 0.15) is 20.8 Å². The topological polar surface area (TPSA) is 105 Å². The SMILES string of the molecule is COC(=O)N[C@H](C(=O)N[C@@H](C)C(=O)O)C(C)C. The molecule has 0 rings (SSSR count). The number of carboxylic acids is 1. The first-order valence-corrected chi connectivity index (χ1v) is 5.17. The van der Waals surface area contributed by atoms with Crippen molar-refractivity contribution in [1.29, 1.82) is 0 Å². The fourth-order valence-corrected chi connectivity index (χ4v) is 1.09. The second kappa shape index (κ2) is 6.72. The van der Waals surface area contributed by atoms with Crippen molar-refractivity contribution in [2.75, 3.05) is 7.11 Å². The zero-order chi connectivity index (χ0) is 13.6. The van der Waals surface area contributed by atoms with Gasteiger partial charge in [-0.1, -0.05) is 13.8 Å². The molecule has 0 aromatic rings. The third-order valence-corrected chi connectivity index (χ3v) is 2.14. The summed E-state index contributed by atoms with van der Waals surface area (Å²) < 4.78 is 4.39. The van der Waals surface area contributed by atoms with Crippen LogP contribution < -0.4 is 10.6 Å². The normalized spacial score (nSPS) is 13.7. The Hall–Kier alpha value is -1.79. The molecule has 17 heavy (non-hydrogen) atoms. The Kier molecular flexibility index (Phi) is 6.01. The molecule has 98 valence electrons. The number of carbonyl (C=O) groups excluding carboxylic acids is 2. The Morgan fingerprint density at radius 2 is 1.65 bits per heavy atom. The lowest BCUT2D eigenvalue weighted by atomic mass is 10.0. The minimum absolute atomic E-state index is 0.185. The maximum absolute atomic E-state index is 11.7. The van der Waals surface area contributed by atoms with Gasteiger partial charge in [-0.25, -0.2) is 4.79 Å². The van der Waals surface area contributed by atoms with Crippen LogP contribution in [0, 0.1) is 5.92 Å². The van der Waals surface area contributed by atoms with Crippen LogP contribution in [-0.2, 0) is 14.3 Å². The van der Waals surface area contributed by atoms with Gasteiger partial charge in [0, 0.05) is 0 Å². The number of methoxy groups -OCH3 is 1. The molecule has 7 heteroatoms. The summed E-state index contributed by atoms with van der Waals surface area (Å²) >= 11 is 0. The summed E-state index contributed by atoms with van der Waals surface area (Å²) in [5.41, 5.74) is 0. The molecule has 0 unspecified atom stereocenters. The average molecular weight is 246 g/mol. The van der Waals surface area contributed by atoms with Crippen molar-refractivity contribution in [1.82, 2.24) is 10.6 Å². The number of hydrogen-bond acceptors (Lipinski definition) is 4. The Labute approximate surface area is 99.5 Å². The van der Waals surface area contributed by atoms with E-state index in [0.717, 1.165) is 0 Å². The zero-order valence-electron chi connectivity index (χ0n) is 10.3. The van der Waals surface area contributed by atoms with E-state index < -0.39 is 30.1 Å². The second-order valence-corrected chi connectivity index (χ2v) is 3.93. The van der Waals surface area contributed by atoms with Crippen LogP contribution in [0.25, 0.3) is 0 Å². The minimum Gasteiger partial charge on any atom is -0.480 e. The van der Waals surface area contributed by atoms with Gasteiger partial charge < -0.3 is 20.5 Å². The summed E-state index contributed by atoms with van der Waals surface area (Å²) in [6.45, 7) is 4.80. The molecule has 0 aliphatic heterocycles. The predicted octanol–water partition coefficient (Wildman–Crippen LogP) is -0.0437. The van der Waals surface area contributed by atoms with Crippen LogP contribution in [0.15, 0.2) is 0 Å². The van der Waals surface area contributed by atoms with Gasteiger partial charge in [-0.15, -0.1) is 0 Å². The van der Waals surface area contributed by atoms with Crippen molar-refractivity contribution in [3.8, 4) is 0 Å². The number of nitrogens with one attached hydrogen (secondary N) is 2. The molecular weight excluding hydrogens is 228 g/mol. The Morgan fingerprint density at radius 1 is 1.12 bits per heavy atom. The average Bonchev–Trinajstić information content (AvgIpc) is 2.24. The lowest BCUT2D eigenvalue weighted by Crippen LogP contribution is -2.52. The van der Waals surface area contributed by atoms with E-state index in [4.69, 9.17) is 5.11 Å². The first-order chi connectivity index (χ1) is 7.79. The smallest absolute Gasteiger partial charge is 0.407 e. The van der Waals surface area contributed by atoms with E-state index in [-0.39, 0.29) is 5.92 Å². The van der Waals surface area contributed by atoms with E-state index in [0.29, 0.717) is 0 Å². The second-order valence-electron chi connectivity index (χ2n) is 3.93. The van der Waals surface area contributed by atoms with E-state index in [1.54, 1.807) is 13.8 Å². The Bertz CT molecular complexity index is 303. The quantitative estimate of drug-likeness (QED) is 0.631. The fraction of sp³-hybridized carbons (Fsp3) is 0.700. The molecule has 2 atom stereocenters. The van der Waals surface area contributed by atoms with Gasteiger partial charge in [0.25, 0.3) is 0 Å². The molecule has 0 aromatic carbocycles. The van der Waals surface area contributed by atoms with E-state index in [9.17, 15) is 14.4 Å². The van der Waals surface area contributed by atoms with Gasteiger partial charge in [-0.05, 0) is 12.8 Å². The van der Waals surface area contributed by atoms with Crippen LogP contribution in [0.2, 0.25) is 0 Å². The number of aliphatic carboxylic acids is 1. The summed E-state index contributed by atoms with van der Waals surface area (Å²) in [6, 6.07) is -1.84. The van der Waals surface area contributed by atoms with E-state index in [1.165, 1.54) is 14.0 Å². The molecule has 0 saturated heterocycles. The third kappa shape index (κ3) is 5.19. The highest BCUT2D eigenvalue weighted by atomic mass is 16.5. The minimum atomic E-state index is -1.14. The Balaban J connectivity index is 4.55. The van der Waals surface area contributed by atoms with E-state index >= 15 is 0 Å². The molecule has 0 aliphatic carbocycles. The first-order valence-electron chi connectivity index (χ1n) is 5.17. The summed E-state index contributed by atoms with van der Waals surface area (Å²) in [5.74, 6) is -1.88. The highest BCUT2D eigenvalue weighted by molar-refractivity contribution is 5.89. The number of alkyl carbamates (subject to hydrolysis) is 1. The van der Waals surface area contributed by atoms with Gasteiger partial charge in [0.2, 0.25) is 5.91 Å². The highest BCUT2D eigenvalue weighted by Gasteiger charge is 2.26. The van der Waals surface area contributed by atoms with Gasteiger partial charge >= 0.3 is 12.1 Å². The molecule has 0 spiro atoms. The number of ether oxygens (including phenoxy) is 1. The summed E-state index contributed by atoms with van der Waals surface area (Å²) in [6.07, 6.45) is -0.734. The van der Waals surface area contributed by atoms with Crippen LogP contribution in [0.3, 0.4) is 0 Å². The van der Waals surface area contributed by atoms with Gasteiger partial charge in [0.1, 0.15) is 12.1 Å². The van der Waals surface area contributed by atoms with Crippen molar-refractivity contribution in [3.63, 3.8) is 0 Å². The lowest BCUT2D eigenvalue weighted by molar-refractivity contribution is -0.141. The van der Waals surface area contributed by atoms with Crippen LogP contribution in [0.5, 0.6) is 0 Å². The number of carbonyl (C=O) groups is 3. The molecule has 7 nitrogen and oxygen atoms in total. The molecule has 0 saturated carbocycles. The summed E-state index contributed by atoms with van der Waals surface area (Å²) in [4.78, 5) is 33.3. The van der Waals surface area contributed by atoms with Crippen LogP contribution in [-0.4, -0.2) is 42.3 Å². The van der Waals surface area contributed by atoms with Crippen LogP contribution >= 0.6 is 0 Å². The predicted molar refractivity (Wildman–Crippen MR) is 59.4 cm³/mol. The number of hydrogen-bond donors (Lipinski definition) is 3. The maximum Gasteiger partial charge on any atom is 0.407 e. The first kappa shape index (κ1) is 15.2. The van der Waals surface area contributed by atoms with Crippen molar-refractivity contribution >= 4 is 18.0 Å². The van der Waals surface area contributed by atoms with Gasteiger partial charge in [-0.3, -0.25) is 9.59 Å². The standard InChI is InChI=1S/C10H18N2O5/c1-5(2)7(12-10(16)17-4)8(13)11-6(3)9(14)15/h5-7H,1-4H3,(H,11,13)(H,12,16)(H,14,15)/t6-,7-/m0/s1. The summed E-state index contributed by atoms with van der Waals surface area (Å²) in [5, 5.41) is 13.3. The molecule has 2 amide bonds.